The lowest BCUT2D eigenvalue weighted by Gasteiger charge is -2.40. The van der Waals surface area contributed by atoms with Gasteiger partial charge in [-0.2, -0.15) is 0 Å². The van der Waals surface area contributed by atoms with Crippen LogP contribution in [0.15, 0.2) is 18.2 Å². The van der Waals surface area contributed by atoms with Crippen LogP contribution in [0, 0.1) is 5.92 Å². The predicted molar refractivity (Wildman–Crippen MR) is 78.7 cm³/mol. The minimum atomic E-state index is 0.570. The van der Waals surface area contributed by atoms with Gasteiger partial charge >= 0.3 is 0 Å². The predicted octanol–water partition coefficient (Wildman–Crippen LogP) is 4.85. The number of fused-ring (bicyclic) bond motifs is 1. The molecule has 1 nitrogen and oxygen atoms in total. The normalized spacial score (nSPS) is 27.3. The van der Waals surface area contributed by atoms with Crippen molar-refractivity contribution in [2.45, 2.75) is 44.0 Å². The maximum atomic E-state index is 6.17. The van der Waals surface area contributed by atoms with E-state index in [1.807, 2.05) is 6.07 Å². The minimum absolute atomic E-state index is 0.570. The SMILES string of the molecule is ClCc1ccc(Cl)cc1N1CCCC2CCCC21. The third-order valence-electron chi connectivity index (χ3n) is 4.49. The summed E-state index contributed by atoms with van der Waals surface area (Å²) in [5.41, 5.74) is 2.49. The zero-order chi connectivity index (χ0) is 12.5. The van der Waals surface area contributed by atoms with Crippen molar-refractivity contribution in [1.82, 2.24) is 0 Å². The van der Waals surface area contributed by atoms with E-state index in [0.29, 0.717) is 5.88 Å². The Kier molecular flexibility index (Phi) is 3.72. The summed E-state index contributed by atoms with van der Waals surface area (Å²) in [5, 5.41) is 0.819. The summed E-state index contributed by atoms with van der Waals surface area (Å²) in [4.78, 5) is 2.57. The summed E-state index contributed by atoms with van der Waals surface area (Å²) in [6.45, 7) is 1.16. The highest BCUT2D eigenvalue weighted by atomic mass is 35.5. The Balaban J connectivity index is 1.95. The fourth-order valence-corrected chi connectivity index (χ4v) is 4.06. The van der Waals surface area contributed by atoms with E-state index in [1.54, 1.807) is 0 Å². The van der Waals surface area contributed by atoms with Crippen LogP contribution in [0.5, 0.6) is 0 Å². The molecule has 1 aromatic carbocycles. The number of piperidine rings is 1. The summed E-state index contributed by atoms with van der Waals surface area (Å²) in [7, 11) is 0. The third-order valence-corrected chi connectivity index (χ3v) is 5.02. The van der Waals surface area contributed by atoms with Gasteiger partial charge in [-0.3, -0.25) is 0 Å². The molecule has 1 aromatic rings. The van der Waals surface area contributed by atoms with Crippen LogP contribution in [0.4, 0.5) is 5.69 Å². The van der Waals surface area contributed by atoms with Gasteiger partial charge in [0.1, 0.15) is 0 Å². The zero-order valence-electron chi connectivity index (χ0n) is 10.5. The number of nitrogens with zero attached hydrogens (tertiary/aromatic N) is 1. The van der Waals surface area contributed by atoms with E-state index in [-0.39, 0.29) is 0 Å². The number of halogens is 2. The Morgan fingerprint density at radius 2 is 2.00 bits per heavy atom. The fraction of sp³-hybridized carbons (Fsp3) is 0.600. The van der Waals surface area contributed by atoms with E-state index >= 15 is 0 Å². The van der Waals surface area contributed by atoms with Gasteiger partial charge in [0.05, 0.1) is 0 Å². The van der Waals surface area contributed by atoms with Gasteiger partial charge < -0.3 is 4.90 Å². The monoisotopic (exact) mass is 283 g/mol. The number of alkyl halides is 1. The van der Waals surface area contributed by atoms with Crippen LogP contribution in [0.25, 0.3) is 0 Å². The highest BCUT2D eigenvalue weighted by Gasteiger charge is 2.35. The average Bonchev–Trinajstić information content (AvgIpc) is 2.86. The number of anilines is 1. The first-order chi connectivity index (χ1) is 8.79. The summed E-state index contributed by atoms with van der Waals surface area (Å²) >= 11 is 12.2. The molecule has 2 atom stereocenters. The van der Waals surface area contributed by atoms with Crippen LogP contribution in [0.1, 0.15) is 37.7 Å². The van der Waals surface area contributed by atoms with E-state index in [1.165, 1.54) is 43.4 Å². The van der Waals surface area contributed by atoms with Crippen LogP contribution in [-0.2, 0) is 5.88 Å². The van der Waals surface area contributed by atoms with Gasteiger partial charge in [0, 0.05) is 29.2 Å². The molecule has 98 valence electrons. The van der Waals surface area contributed by atoms with E-state index < -0.39 is 0 Å². The molecule has 0 N–H and O–H groups in total. The molecule has 1 saturated carbocycles. The molecule has 2 fully saturated rings. The molecule has 3 heteroatoms. The first kappa shape index (κ1) is 12.6. The van der Waals surface area contributed by atoms with E-state index in [2.05, 4.69) is 17.0 Å². The number of rotatable bonds is 2. The van der Waals surface area contributed by atoms with Crippen molar-refractivity contribution < 1.29 is 0 Å². The summed E-state index contributed by atoms with van der Waals surface area (Å²) in [6.07, 6.45) is 6.81. The van der Waals surface area contributed by atoms with E-state index in [4.69, 9.17) is 23.2 Å². The van der Waals surface area contributed by atoms with Crippen molar-refractivity contribution in [1.29, 1.82) is 0 Å². The number of hydrogen-bond donors (Lipinski definition) is 0. The van der Waals surface area contributed by atoms with Crippen molar-refractivity contribution in [3.63, 3.8) is 0 Å². The fourth-order valence-electron chi connectivity index (χ4n) is 3.67. The molecule has 0 aromatic heterocycles. The second-order valence-electron chi connectivity index (χ2n) is 5.50. The van der Waals surface area contributed by atoms with Crippen molar-refractivity contribution in [3.8, 4) is 0 Å². The lowest BCUT2D eigenvalue weighted by Crippen LogP contribution is -2.43. The van der Waals surface area contributed by atoms with Gasteiger partial charge in [-0.15, -0.1) is 11.6 Å². The molecule has 0 bridgehead atoms. The highest BCUT2D eigenvalue weighted by molar-refractivity contribution is 6.31. The minimum Gasteiger partial charge on any atom is -0.368 e. The smallest absolute Gasteiger partial charge is 0.0494 e. The molecule has 0 amide bonds. The summed E-state index contributed by atoms with van der Waals surface area (Å²) in [5.74, 6) is 1.46. The third kappa shape index (κ3) is 2.23. The lowest BCUT2D eigenvalue weighted by atomic mass is 9.91. The van der Waals surface area contributed by atoms with Crippen LogP contribution in [0.3, 0.4) is 0 Å². The van der Waals surface area contributed by atoms with Gasteiger partial charge in [-0.25, -0.2) is 0 Å². The van der Waals surface area contributed by atoms with Crippen molar-refractivity contribution >= 4 is 28.9 Å². The molecule has 2 unspecified atom stereocenters. The van der Waals surface area contributed by atoms with Crippen LogP contribution >= 0.6 is 23.2 Å². The molecule has 1 aliphatic heterocycles. The first-order valence-electron chi connectivity index (χ1n) is 6.90. The Morgan fingerprint density at radius 3 is 2.83 bits per heavy atom. The molecule has 0 spiro atoms. The molecule has 18 heavy (non-hydrogen) atoms. The van der Waals surface area contributed by atoms with Crippen molar-refractivity contribution in [3.05, 3.63) is 28.8 Å². The first-order valence-corrected chi connectivity index (χ1v) is 7.82. The summed E-state index contributed by atoms with van der Waals surface area (Å²) < 4.78 is 0. The van der Waals surface area contributed by atoms with Crippen LogP contribution in [0.2, 0.25) is 5.02 Å². The number of benzene rings is 1. The topological polar surface area (TPSA) is 3.24 Å². The van der Waals surface area contributed by atoms with Gasteiger partial charge in [-0.1, -0.05) is 24.1 Å². The van der Waals surface area contributed by atoms with Gasteiger partial charge in [0.15, 0.2) is 0 Å². The molecule has 1 heterocycles. The molecule has 1 saturated heterocycles. The maximum absolute atomic E-state index is 6.17. The Bertz CT molecular complexity index is 433. The number of hydrogen-bond acceptors (Lipinski definition) is 1. The Morgan fingerprint density at radius 1 is 1.17 bits per heavy atom. The molecular weight excluding hydrogens is 265 g/mol. The van der Waals surface area contributed by atoms with Crippen molar-refractivity contribution in [2.24, 2.45) is 5.92 Å². The van der Waals surface area contributed by atoms with Crippen LogP contribution in [-0.4, -0.2) is 12.6 Å². The molecule has 3 rings (SSSR count). The van der Waals surface area contributed by atoms with Gasteiger partial charge in [-0.05, 0) is 49.3 Å². The molecule has 1 aliphatic carbocycles. The largest absolute Gasteiger partial charge is 0.368 e. The van der Waals surface area contributed by atoms with E-state index in [9.17, 15) is 0 Å². The standard InChI is InChI=1S/C15H19Cl2N/c16-10-12-6-7-13(17)9-15(12)18-8-2-4-11-3-1-5-14(11)18/h6-7,9,11,14H,1-5,8,10H2. The molecule has 2 aliphatic rings. The second kappa shape index (κ2) is 5.30. The zero-order valence-corrected chi connectivity index (χ0v) is 12.1. The quantitative estimate of drug-likeness (QED) is 0.702. The molecular formula is C15H19Cl2N. The van der Waals surface area contributed by atoms with Gasteiger partial charge in [0.25, 0.3) is 0 Å². The average molecular weight is 284 g/mol. The van der Waals surface area contributed by atoms with Gasteiger partial charge in [0.2, 0.25) is 0 Å². The van der Waals surface area contributed by atoms with E-state index in [0.717, 1.165) is 23.5 Å². The maximum Gasteiger partial charge on any atom is 0.0494 e. The Hall–Kier alpha value is -0.400. The van der Waals surface area contributed by atoms with Crippen LogP contribution < -0.4 is 4.90 Å². The Labute approximate surface area is 119 Å². The highest BCUT2D eigenvalue weighted by Crippen LogP contribution is 2.40. The molecule has 0 radical (unpaired) electrons. The second-order valence-corrected chi connectivity index (χ2v) is 6.20. The lowest BCUT2D eigenvalue weighted by molar-refractivity contribution is 0.362. The van der Waals surface area contributed by atoms with Crippen molar-refractivity contribution in [2.75, 3.05) is 11.4 Å². The summed E-state index contributed by atoms with van der Waals surface area (Å²) in [6, 6.07) is 6.83.